The maximum atomic E-state index is 12.9. The Kier molecular flexibility index (Phi) is 8.75. The summed E-state index contributed by atoms with van der Waals surface area (Å²) in [7, 11) is 0. The fourth-order valence-electron chi connectivity index (χ4n) is 2.98. The zero-order valence-electron chi connectivity index (χ0n) is 19.1. The molecule has 1 aromatic carbocycles. The van der Waals surface area contributed by atoms with Crippen molar-refractivity contribution in [3.8, 4) is 0 Å². The van der Waals surface area contributed by atoms with Crippen molar-refractivity contribution >= 4 is 17.7 Å². The lowest BCUT2D eigenvalue weighted by Crippen LogP contribution is -2.44. The van der Waals surface area contributed by atoms with Crippen LogP contribution < -0.4 is 16.6 Å². The Bertz CT molecular complexity index is 1000. The van der Waals surface area contributed by atoms with Crippen molar-refractivity contribution in [1.82, 2.24) is 9.88 Å². The molecule has 0 spiro atoms. The van der Waals surface area contributed by atoms with Crippen molar-refractivity contribution in [3.05, 3.63) is 70.1 Å². The first-order valence-electron chi connectivity index (χ1n) is 10.6. The van der Waals surface area contributed by atoms with E-state index in [0.717, 1.165) is 5.56 Å². The van der Waals surface area contributed by atoms with Crippen LogP contribution in [-0.4, -0.2) is 40.5 Å². The first kappa shape index (κ1) is 24.8. The van der Waals surface area contributed by atoms with E-state index in [0.29, 0.717) is 31.8 Å². The van der Waals surface area contributed by atoms with Gasteiger partial charge in [-0.15, -0.1) is 0 Å². The number of ether oxygens (including phenoxy) is 1. The normalized spacial score (nSPS) is 12.8. The van der Waals surface area contributed by atoms with Crippen LogP contribution in [0.15, 0.2) is 58.4 Å². The number of aromatic nitrogens is 1. The summed E-state index contributed by atoms with van der Waals surface area (Å²) in [6.45, 7) is 7.78. The topological polar surface area (TPSA) is 116 Å². The number of amides is 1. The summed E-state index contributed by atoms with van der Waals surface area (Å²) in [5.74, 6) is -0.512. The summed E-state index contributed by atoms with van der Waals surface area (Å²) in [4.78, 5) is 41.9. The maximum Gasteiger partial charge on any atom is 0.329 e. The Balaban J connectivity index is 2.16. The Labute approximate surface area is 188 Å². The van der Waals surface area contributed by atoms with Gasteiger partial charge in [-0.2, -0.15) is 0 Å². The molecule has 8 nitrogen and oxygen atoms in total. The van der Waals surface area contributed by atoms with E-state index in [4.69, 9.17) is 10.5 Å². The van der Waals surface area contributed by atoms with E-state index >= 15 is 0 Å². The third kappa shape index (κ3) is 8.37. The number of hydrogen-bond donors (Lipinski definition) is 2. The van der Waals surface area contributed by atoms with Crippen molar-refractivity contribution < 1.29 is 14.3 Å². The van der Waals surface area contributed by atoms with Crippen LogP contribution in [0.1, 0.15) is 56.5 Å². The van der Waals surface area contributed by atoms with Gasteiger partial charge in [0.1, 0.15) is 11.6 Å². The number of nitrogens with two attached hydrogens (primary N) is 1. The molecule has 0 unspecified atom stereocenters. The molecular weight excluding hydrogens is 408 g/mol. The van der Waals surface area contributed by atoms with E-state index in [-0.39, 0.29) is 11.1 Å². The minimum Gasteiger partial charge on any atom is -0.458 e. The highest BCUT2D eigenvalue weighted by molar-refractivity contribution is 5.96. The van der Waals surface area contributed by atoms with Crippen molar-refractivity contribution in [3.63, 3.8) is 0 Å². The highest BCUT2D eigenvalue weighted by atomic mass is 16.6. The van der Waals surface area contributed by atoms with E-state index in [2.05, 4.69) is 10.3 Å². The first-order chi connectivity index (χ1) is 15.0. The number of nitrogens with one attached hydrogen (secondary N) is 1. The molecule has 3 N–H and O–H groups in total. The van der Waals surface area contributed by atoms with Gasteiger partial charge in [0.2, 0.25) is 0 Å². The molecule has 1 atom stereocenters. The number of nitrogens with zero attached hydrogens (tertiary/aromatic N) is 2. The van der Waals surface area contributed by atoms with Crippen LogP contribution >= 0.6 is 0 Å². The second-order valence-electron chi connectivity index (χ2n) is 8.59. The van der Waals surface area contributed by atoms with Crippen LogP contribution in [0.2, 0.25) is 0 Å². The maximum absolute atomic E-state index is 12.9. The SMILES string of the molecule is CC(N)=NCCC[C@H](NC(=O)c1ccc(=O)n(Cc2ccccc2)c1)C(=O)OC(C)(C)C. The van der Waals surface area contributed by atoms with Crippen LogP contribution in [0.4, 0.5) is 0 Å². The summed E-state index contributed by atoms with van der Waals surface area (Å²) in [6, 6.07) is 11.4. The predicted molar refractivity (Wildman–Crippen MR) is 125 cm³/mol. The molecule has 0 saturated heterocycles. The number of esters is 1. The van der Waals surface area contributed by atoms with Crippen molar-refractivity contribution in [2.75, 3.05) is 6.54 Å². The summed E-state index contributed by atoms with van der Waals surface area (Å²) in [5, 5.41) is 2.75. The molecule has 0 radical (unpaired) electrons. The molecule has 0 aliphatic rings. The number of carbonyl (C=O) groups excluding carboxylic acids is 2. The van der Waals surface area contributed by atoms with Gasteiger partial charge in [-0.1, -0.05) is 30.3 Å². The number of carbonyl (C=O) groups is 2. The van der Waals surface area contributed by atoms with Gasteiger partial charge in [-0.3, -0.25) is 14.6 Å². The van der Waals surface area contributed by atoms with Gasteiger partial charge in [0.25, 0.3) is 11.5 Å². The molecule has 0 saturated carbocycles. The minimum absolute atomic E-state index is 0.218. The summed E-state index contributed by atoms with van der Waals surface area (Å²) >= 11 is 0. The Morgan fingerprint density at radius 1 is 1.16 bits per heavy atom. The van der Waals surface area contributed by atoms with Gasteiger partial charge in [0, 0.05) is 18.8 Å². The molecule has 2 aromatic rings. The highest BCUT2D eigenvalue weighted by Gasteiger charge is 2.27. The quantitative estimate of drug-likeness (QED) is 0.269. The Hall–Kier alpha value is -3.42. The number of amidine groups is 1. The number of benzene rings is 1. The van der Waals surface area contributed by atoms with E-state index in [9.17, 15) is 14.4 Å². The van der Waals surface area contributed by atoms with Crippen LogP contribution in [0.5, 0.6) is 0 Å². The number of hydrogen-bond acceptors (Lipinski definition) is 5. The van der Waals surface area contributed by atoms with E-state index < -0.39 is 23.5 Å². The second kappa shape index (κ2) is 11.3. The molecule has 32 heavy (non-hydrogen) atoms. The van der Waals surface area contributed by atoms with Gasteiger partial charge in [0.05, 0.1) is 17.9 Å². The number of aliphatic imine (C=N–C) groups is 1. The van der Waals surface area contributed by atoms with E-state index in [1.807, 2.05) is 30.3 Å². The molecule has 0 aliphatic carbocycles. The molecule has 1 amide bonds. The van der Waals surface area contributed by atoms with E-state index in [1.165, 1.54) is 22.9 Å². The average molecular weight is 441 g/mol. The molecule has 0 bridgehead atoms. The predicted octanol–water partition coefficient (Wildman–Crippen LogP) is 2.49. The molecule has 172 valence electrons. The molecular formula is C24H32N4O4. The highest BCUT2D eigenvalue weighted by Crippen LogP contribution is 2.12. The van der Waals surface area contributed by atoms with Crippen LogP contribution in [-0.2, 0) is 16.1 Å². The lowest BCUT2D eigenvalue weighted by atomic mass is 10.1. The monoisotopic (exact) mass is 440 g/mol. The van der Waals surface area contributed by atoms with Crippen molar-refractivity contribution in [2.45, 2.75) is 58.7 Å². The third-order valence-electron chi connectivity index (χ3n) is 4.45. The minimum atomic E-state index is -0.843. The smallest absolute Gasteiger partial charge is 0.329 e. The average Bonchev–Trinajstić information content (AvgIpc) is 2.71. The molecule has 1 aromatic heterocycles. The van der Waals surface area contributed by atoms with Crippen LogP contribution in [0, 0.1) is 0 Å². The summed E-state index contributed by atoms with van der Waals surface area (Å²) in [6.07, 6.45) is 2.40. The Morgan fingerprint density at radius 3 is 2.47 bits per heavy atom. The Morgan fingerprint density at radius 2 is 1.84 bits per heavy atom. The third-order valence-corrected chi connectivity index (χ3v) is 4.45. The molecule has 1 heterocycles. The van der Waals surface area contributed by atoms with Gasteiger partial charge in [-0.25, -0.2) is 4.79 Å². The van der Waals surface area contributed by atoms with Crippen molar-refractivity contribution in [2.24, 2.45) is 10.7 Å². The molecule has 2 rings (SSSR count). The van der Waals surface area contributed by atoms with Gasteiger partial charge < -0.3 is 20.4 Å². The fraction of sp³-hybridized carbons (Fsp3) is 0.417. The van der Waals surface area contributed by atoms with Crippen molar-refractivity contribution in [1.29, 1.82) is 0 Å². The summed E-state index contributed by atoms with van der Waals surface area (Å²) < 4.78 is 6.93. The standard InChI is InChI=1S/C24H32N4O4/c1-17(25)26-14-8-11-20(23(31)32-24(2,3)4)27-22(30)19-12-13-21(29)28(16-19)15-18-9-6-5-7-10-18/h5-7,9-10,12-13,16,20H,8,11,14-15H2,1-4H3,(H2,25,26)(H,27,30)/t20-/m0/s1. The second-order valence-corrected chi connectivity index (χ2v) is 8.59. The largest absolute Gasteiger partial charge is 0.458 e. The zero-order valence-corrected chi connectivity index (χ0v) is 19.1. The molecule has 0 aliphatic heterocycles. The zero-order chi connectivity index (χ0) is 23.7. The van der Waals surface area contributed by atoms with Gasteiger partial charge >= 0.3 is 5.97 Å². The lowest BCUT2D eigenvalue weighted by molar-refractivity contribution is -0.157. The summed E-state index contributed by atoms with van der Waals surface area (Å²) in [5.41, 5.74) is 5.87. The van der Waals surface area contributed by atoms with Crippen LogP contribution in [0.25, 0.3) is 0 Å². The molecule has 8 heteroatoms. The van der Waals surface area contributed by atoms with Crippen LogP contribution in [0.3, 0.4) is 0 Å². The number of rotatable bonds is 9. The van der Waals surface area contributed by atoms with Gasteiger partial charge in [-0.05, 0) is 52.2 Å². The van der Waals surface area contributed by atoms with Gasteiger partial charge in [0.15, 0.2) is 0 Å². The lowest BCUT2D eigenvalue weighted by Gasteiger charge is -2.24. The van der Waals surface area contributed by atoms with E-state index in [1.54, 1.807) is 27.7 Å². The first-order valence-corrected chi connectivity index (χ1v) is 10.6. The molecule has 0 fully saturated rings. The number of pyridine rings is 1. The fourth-order valence-corrected chi connectivity index (χ4v) is 2.98.